The van der Waals surface area contributed by atoms with E-state index in [2.05, 4.69) is 0 Å². The zero-order chi connectivity index (χ0) is 15.0. The maximum Gasteiger partial charge on any atom is 0.193 e. The summed E-state index contributed by atoms with van der Waals surface area (Å²) in [7, 11) is -3.32. The molecule has 0 aliphatic carbocycles. The molecule has 0 radical (unpaired) electrons. The van der Waals surface area contributed by atoms with Gasteiger partial charge in [-0.15, -0.1) is 0 Å². The van der Waals surface area contributed by atoms with Crippen LogP contribution in [0.3, 0.4) is 0 Å². The second kappa shape index (κ2) is 5.00. The van der Waals surface area contributed by atoms with Crippen molar-refractivity contribution < 1.29 is 17.9 Å². The number of benzene rings is 2. The Morgan fingerprint density at radius 1 is 1.10 bits per heavy atom. The number of ether oxygens (including phenoxy) is 1. The fourth-order valence-corrected chi connectivity index (χ4v) is 3.03. The second-order valence-corrected chi connectivity index (χ2v) is 7.07. The summed E-state index contributed by atoms with van der Waals surface area (Å²) in [5.74, 6) is 0.631. The van der Waals surface area contributed by atoms with Crippen LogP contribution in [-0.2, 0) is 16.3 Å². The van der Waals surface area contributed by atoms with Gasteiger partial charge in [-0.1, -0.05) is 12.1 Å². The van der Waals surface area contributed by atoms with Gasteiger partial charge in [0.2, 0.25) is 0 Å². The van der Waals surface area contributed by atoms with Crippen molar-refractivity contribution in [1.82, 2.24) is 0 Å². The highest BCUT2D eigenvalue weighted by Gasteiger charge is 2.17. The summed E-state index contributed by atoms with van der Waals surface area (Å²) in [4.78, 5) is 12.6. The van der Waals surface area contributed by atoms with Crippen LogP contribution in [0.4, 0.5) is 0 Å². The quantitative estimate of drug-likeness (QED) is 0.816. The van der Waals surface area contributed by atoms with Crippen molar-refractivity contribution in [2.45, 2.75) is 11.3 Å². The van der Waals surface area contributed by atoms with E-state index < -0.39 is 9.84 Å². The van der Waals surface area contributed by atoms with Crippen molar-refractivity contribution in [2.24, 2.45) is 0 Å². The van der Waals surface area contributed by atoms with Crippen molar-refractivity contribution in [2.75, 3.05) is 12.9 Å². The highest BCUT2D eigenvalue weighted by Crippen LogP contribution is 2.27. The number of fused-ring (bicyclic) bond motifs is 1. The zero-order valence-electron chi connectivity index (χ0n) is 11.5. The first-order valence-electron chi connectivity index (χ1n) is 6.56. The van der Waals surface area contributed by atoms with Gasteiger partial charge in [-0.25, -0.2) is 8.42 Å². The van der Waals surface area contributed by atoms with Gasteiger partial charge in [0.15, 0.2) is 15.6 Å². The molecule has 1 heterocycles. The van der Waals surface area contributed by atoms with Gasteiger partial charge in [-0.3, -0.25) is 4.79 Å². The molecule has 1 aliphatic heterocycles. The van der Waals surface area contributed by atoms with Crippen LogP contribution in [0.25, 0.3) is 0 Å². The Morgan fingerprint density at radius 3 is 2.62 bits per heavy atom. The van der Waals surface area contributed by atoms with E-state index in [0.29, 0.717) is 17.7 Å². The maximum atomic E-state index is 12.5. The van der Waals surface area contributed by atoms with Gasteiger partial charge in [0, 0.05) is 23.8 Å². The molecule has 0 saturated heterocycles. The molecule has 0 aromatic heterocycles. The van der Waals surface area contributed by atoms with Gasteiger partial charge < -0.3 is 4.74 Å². The lowest BCUT2D eigenvalue weighted by atomic mass is 10.0. The average Bonchev–Trinajstić information content (AvgIpc) is 2.93. The summed E-state index contributed by atoms with van der Waals surface area (Å²) in [5, 5.41) is 0. The Labute approximate surface area is 123 Å². The minimum Gasteiger partial charge on any atom is -0.493 e. The van der Waals surface area contributed by atoms with Crippen molar-refractivity contribution >= 4 is 15.6 Å². The van der Waals surface area contributed by atoms with Crippen molar-refractivity contribution in [3.05, 3.63) is 59.2 Å². The first kappa shape index (κ1) is 13.8. The summed E-state index contributed by atoms with van der Waals surface area (Å²) in [5.41, 5.74) is 1.93. The van der Waals surface area contributed by atoms with Gasteiger partial charge in [0.25, 0.3) is 0 Å². The molecule has 0 amide bonds. The number of hydrogen-bond acceptors (Lipinski definition) is 4. The number of carbonyl (C=O) groups is 1. The van der Waals surface area contributed by atoms with E-state index >= 15 is 0 Å². The highest BCUT2D eigenvalue weighted by atomic mass is 32.2. The molecular formula is C16H14O4S. The molecular weight excluding hydrogens is 288 g/mol. The van der Waals surface area contributed by atoms with Crippen LogP contribution in [0.2, 0.25) is 0 Å². The number of sulfone groups is 1. The van der Waals surface area contributed by atoms with Crippen molar-refractivity contribution in [1.29, 1.82) is 0 Å². The number of hydrogen-bond donors (Lipinski definition) is 0. The van der Waals surface area contributed by atoms with Gasteiger partial charge in [0.05, 0.1) is 11.5 Å². The van der Waals surface area contributed by atoms with Crippen molar-refractivity contribution in [3.63, 3.8) is 0 Å². The standard InChI is InChI=1S/C16H14O4S/c1-21(18,19)14-4-2-3-12(10-14)16(17)13-5-6-15-11(9-13)7-8-20-15/h2-6,9-10H,7-8H2,1H3. The van der Waals surface area contributed by atoms with E-state index in [4.69, 9.17) is 4.74 Å². The Balaban J connectivity index is 1.99. The minimum atomic E-state index is -3.32. The van der Waals surface area contributed by atoms with Crippen LogP contribution >= 0.6 is 0 Å². The molecule has 21 heavy (non-hydrogen) atoms. The topological polar surface area (TPSA) is 60.4 Å². The maximum absolute atomic E-state index is 12.5. The molecule has 0 fully saturated rings. The summed E-state index contributed by atoms with van der Waals surface area (Å²) >= 11 is 0. The third kappa shape index (κ3) is 2.69. The molecule has 2 aromatic carbocycles. The number of rotatable bonds is 3. The van der Waals surface area contributed by atoms with Crippen LogP contribution in [-0.4, -0.2) is 27.1 Å². The molecule has 1 aliphatic rings. The Morgan fingerprint density at radius 2 is 1.86 bits per heavy atom. The molecule has 0 spiro atoms. The monoisotopic (exact) mass is 302 g/mol. The minimum absolute atomic E-state index is 0.151. The summed E-state index contributed by atoms with van der Waals surface area (Å²) in [6.07, 6.45) is 1.92. The number of carbonyl (C=O) groups excluding carboxylic acids is 1. The fourth-order valence-electron chi connectivity index (χ4n) is 2.36. The molecule has 0 unspecified atom stereocenters. The molecule has 0 bridgehead atoms. The van der Waals surface area contributed by atoms with Crippen molar-refractivity contribution in [3.8, 4) is 5.75 Å². The first-order chi connectivity index (χ1) is 9.95. The molecule has 5 heteroatoms. The smallest absolute Gasteiger partial charge is 0.193 e. The number of ketones is 1. The van der Waals surface area contributed by atoms with Crippen LogP contribution in [0.5, 0.6) is 5.75 Å². The first-order valence-corrected chi connectivity index (χ1v) is 8.45. The third-order valence-electron chi connectivity index (χ3n) is 3.48. The molecule has 2 aromatic rings. The van der Waals surface area contributed by atoms with Gasteiger partial charge in [-0.2, -0.15) is 0 Å². The average molecular weight is 302 g/mol. The molecule has 3 rings (SSSR count). The lowest BCUT2D eigenvalue weighted by Gasteiger charge is -2.05. The SMILES string of the molecule is CS(=O)(=O)c1cccc(C(=O)c2ccc3c(c2)CCO3)c1. The highest BCUT2D eigenvalue weighted by molar-refractivity contribution is 7.90. The predicted molar refractivity (Wildman–Crippen MR) is 78.6 cm³/mol. The largest absolute Gasteiger partial charge is 0.493 e. The van der Waals surface area contributed by atoms with Crippen LogP contribution in [0.1, 0.15) is 21.5 Å². The van der Waals surface area contributed by atoms with E-state index in [1.165, 1.54) is 12.1 Å². The lowest BCUT2D eigenvalue weighted by Crippen LogP contribution is -2.04. The predicted octanol–water partition coefficient (Wildman–Crippen LogP) is 2.26. The third-order valence-corrected chi connectivity index (χ3v) is 4.59. The van der Waals surface area contributed by atoms with E-state index in [0.717, 1.165) is 24.0 Å². The molecule has 0 atom stereocenters. The van der Waals surface area contributed by atoms with E-state index in [-0.39, 0.29) is 10.7 Å². The molecule has 108 valence electrons. The molecule has 4 nitrogen and oxygen atoms in total. The van der Waals surface area contributed by atoms with Gasteiger partial charge in [0.1, 0.15) is 5.75 Å². The summed E-state index contributed by atoms with van der Waals surface area (Å²) < 4.78 is 28.6. The molecule has 0 N–H and O–H groups in total. The lowest BCUT2D eigenvalue weighted by molar-refractivity contribution is 0.103. The Hall–Kier alpha value is -2.14. The second-order valence-electron chi connectivity index (χ2n) is 5.05. The summed E-state index contributed by atoms with van der Waals surface area (Å²) in [6.45, 7) is 0.635. The van der Waals surface area contributed by atoms with Crippen LogP contribution in [0.15, 0.2) is 47.4 Å². The zero-order valence-corrected chi connectivity index (χ0v) is 12.3. The van der Waals surface area contributed by atoms with Crippen LogP contribution < -0.4 is 4.74 Å². The normalized spacial score (nSPS) is 13.6. The van der Waals surface area contributed by atoms with Gasteiger partial charge >= 0.3 is 0 Å². The molecule has 0 saturated carbocycles. The van der Waals surface area contributed by atoms with E-state index in [9.17, 15) is 13.2 Å². The van der Waals surface area contributed by atoms with Crippen LogP contribution in [0, 0.1) is 0 Å². The van der Waals surface area contributed by atoms with E-state index in [1.807, 2.05) is 6.07 Å². The fraction of sp³-hybridized carbons (Fsp3) is 0.188. The Bertz CT molecular complexity index is 822. The Kier molecular flexibility index (Phi) is 3.29. The van der Waals surface area contributed by atoms with Gasteiger partial charge in [-0.05, 0) is 35.9 Å². The van der Waals surface area contributed by atoms with E-state index in [1.54, 1.807) is 24.3 Å². The summed E-state index contributed by atoms with van der Waals surface area (Å²) in [6, 6.07) is 11.4.